The zero-order valence-electron chi connectivity index (χ0n) is 15.6. The maximum Gasteiger partial charge on any atom is 0.271 e. The molecule has 0 saturated carbocycles. The lowest BCUT2D eigenvalue weighted by Gasteiger charge is -2.28. The standard InChI is InChI=1S/C19H24N4O4S/c24-18-8-7-16(21-23(18)14-9-12-28(26,27)13-14)19(25)20-15-5-1-2-6-17(15)22-10-3-4-11-22/h1-2,5-6,14H,3-4,7-13H2,(H,20,25)/t14-/m0/s1. The van der Waals surface area contributed by atoms with Crippen LogP contribution in [0.15, 0.2) is 29.4 Å². The van der Waals surface area contributed by atoms with Crippen LogP contribution in [0.3, 0.4) is 0 Å². The third kappa shape index (κ3) is 3.89. The summed E-state index contributed by atoms with van der Waals surface area (Å²) in [4.78, 5) is 27.3. The molecule has 0 unspecified atom stereocenters. The highest BCUT2D eigenvalue weighted by Gasteiger charge is 2.37. The van der Waals surface area contributed by atoms with E-state index in [0.29, 0.717) is 6.42 Å². The van der Waals surface area contributed by atoms with Crippen LogP contribution in [0.5, 0.6) is 0 Å². The van der Waals surface area contributed by atoms with E-state index in [0.717, 1.165) is 37.3 Å². The third-order valence-electron chi connectivity index (χ3n) is 5.48. The molecule has 1 N–H and O–H groups in total. The Balaban J connectivity index is 1.52. The molecule has 0 radical (unpaired) electrons. The lowest BCUT2D eigenvalue weighted by molar-refractivity contribution is -0.133. The molecule has 8 nitrogen and oxygen atoms in total. The normalized spacial score (nSPS) is 24.4. The molecule has 150 valence electrons. The molecule has 3 aliphatic rings. The van der Waals surface area contributed by atoms with Crippen molar-refractivity contribution in [3.8, 4) is 0 Å². The van der Waals surface area contributed by atoms with Crippen molar-refractivity contribution in [1.29, 1.82) is 0 Å². The summed E-state index contributed by atoms with van der Waals surface area (Å²) in [6.07, 6.45) is 3.06. The van der Waals surface area contributed by atoms with Gasteiger partial charge in [-0.3, -0.25) is 9.59 Å². The molecule has 4 rings (SSSR count). The second-order valence-electron chi connectivity index (χ2n) is 7.51. The van der Waals surface area contributed by atoms with Crippen molar-refractivity contribution in [2.75, 3.05) is 34.8 Å². The molecule has 9 heteroatoms. The van der Waals surface area contributed by atoms with Gasteiger partial charge >= 0.3 is 0 Å². The minimum atomic E-state index is -3.14. The van der Waals surface area contributed by atoms with Crippen LogP contribution in [0.2, 0.25) is 0 Å². The van der Waals surface area contributed by atoms with E-state index in [9.17, 15) is 18.0 Å². The van der Waals surface area contributed by atoms with Gasteiger partial charge in [-0.05, 0) is 31.4 Å². The van der Waals surface area contributed by atoms with Crippen molar-refractivity contribution in [2.24, 2.45) is 5.10 Å². The van der Waals surface area contributed by atoms with Crippen LogP contribution in [-0.2, 0) is 19.4 Å². The van der Waals surface area contributed by atoms with Crippen molar-refractivity contribution in [2.45, 2.75) is 38.1 Å². The molecule has 3 heterocycles. The number of amides is 2. The summed E-state index contributed by atoms with van der Waals surface area (Å²) in [5.74, 6) is -0.600. The molecule has 0 bridgehead atoms. The number of anilines is 2. The number of rotatable bonds is 4. The van der Waals surface area contributed by atoms with Gasteiger partial charge in [0.2, 0.25) is 5.91 Å². The number of nitrogens with zero attached hydrogens (tertiary/aromatic N) is 3. The molecule has 1 aromatic rings. The molecule has 3 aliphatic heterocycles. The summed E-state index contributed by atoms with van der Waals surface area (Å²) in [5.41, 5.74) is 1.98. The zero-order chi connectivity index (χ0) is 19.7. The first-order valence-corrected chi connectivity index (χ1v) is 11.5. The number of nitrogens with one attached hydrogen (secondary N) is 1. The predicted molar refractivity (Wildman–Crippen MR) is 107 cm³/mol. The molecule has 2 saturated heterocycles. The molecular formula is C19H24N4O4S. The summed E-state index contributed by atoms with van der Waals surface area (Å²) in [7, 11) is -3.14. The van der Waals surface area contributed by atoms with Gasteiger partial charge in [0.05, 0.1) is 28.9 Å². The first-order valence-electron chi connectivity index (χ1n) is 9.68. The van der Waals surface area contributed by atoms with Crippen molar-refractivity contribution in [3.05, 3.63) is 24.3 Å². The number of para-hydroxylation sites is 2. The quantitative estimate of drug-likeness (QED) is 0.818. The van der Waals surface area contributed by atoms with Gasteiger partial charge < -0.3 is 10.2 Å². The SMILES string of the molecule is O=C(Nc1ccccc1N1CCCC1)C1=NN([C@H]2CCS(=O)(=O)C2)C(=O)CC1. The average Bonchev–Trinajstić information content (AvgIpc) is 3.32. The average molecular weight is 404 g/mol. The molecule has 1 atom stereocenters. The minimum Gasteiger partial charge on any atom is -0.370 e. The number of benzene rings is 1. The fourth-order valence-corrected chi connectivity index (χ4v) is 5.69. The summed E-state index contributed by atoms with van der Waals surface area (Å²) in [5, 5.41) is 8.39. The summed E-state index contributed by atoms with van der Waals surface area (Å²) in [6.45, 7) is 1.93. The molecule has 0 aliphatic carbocycles. The first kappa shape index (κ1) is 18.9. The van der Waals surface area contributed by atoms with Crippen LogP contribution in [0.25, 0.3) is 0 Å². The minimum absolute atomic E-state index is 0.0572. The van der Waals surface area contributed by atoms with Gasteiger partial charge in [0.25, 0.3) is 5.91 Å². The Morgan fingerprint density at radius 2 is 1.89 bits per heavy atom. The maximum absolute atomic E-state index is 12.8. The first-order chi connectivity index (χ1) is 13.4. The van der Waals surface area contributed by atoms with Crippen molar-refractivity contribution in [3.63, 3.8) is 0 Å². The monoisotopic (exact) mass is 404 g/mol. The van der Waals surface area contributed by atoms with Gasteiger partial charge in [0.1, 0.15) is 5.71 Å². The Hall–Kier alpha value is -2.42. The number of hydrazone groups is 1. The van der Waals surface area contributed by atoms with E-state index in [4.69, 9.17) is 0 Å². The second-order valence-corrected chi connectivity index (χ2v) is 9.74. The van der Waals surface area contributed by atoms with Gasteiger partial charge in [-0.2, -0.15) is 5.10 Å². The Labute approximate surface area is 164 Å². The molecule has 0 spiro atoms. The van der Waals surface area contributed by atoms with E-state index in [1.54, 1.807) is 0 Å². The molecule has 0 aromatic heterocycles. The molecule has 2 fully saturated rings. The van der Waals surface area contributed by atoms with Crippen LogP contribution in [0, 0.1) is 0 Å². The Morgan fingerprint density at radius 3 is 2.61 bits per heavy atom. The third-order valence-corrected chi connectivity index (χ3v) is 7.23. The molecule has 28 heavy (non-hydrogen) atoms. The summed E-state index contributed by atoms with van der Waals surface area (Å²) >= 11 is 0. The van der Waals surface area contributed by atoms with Gasteiger partial charge in [0, 0.05) is 25.9 Å². The molecular weight excluding hydrogens is 380 g/mol. The highest BCUT2D eigenvalue weighted by molar-refractivity contribution is 7.91. The second kappa shape index (κ2) is 7.54. The smallest absolute Gasteiger partial charge is 0.271 e. The Morgan fingerprint density at radius 1 is 1.14 bits per heavy atom. The van der Waals surface area contributed by atoms with Crippen molar-refractivity contribution >= 4 is 38.7 Å². The summed E-state index contributed by atoms with van der Waals surface area (Å²) in [6, 6.07) is 7.20. The zero-order valence-corrected chi connectivity index (χ0v) is 16.5. The van der Waals surface area contributed by atoms with E-state index in [-0.39, 0.29) is 41.9 Å². The molecule has 2 amide bonds. The number of hydrogen-bond donors (Lipinski definition) is 1. The summed E-state index contributed by atoms with van der Waals surface area (Å²) < 4.78 is 23.5. The van der Waals surface area contributed by atoms with Crippen LogP contribution in [-0.4, -0.2) is 61.6 Å². The number of hydrogen-bond acceptors (Lipinski definition) is 6. The van der Waals surface area contributed by atoms with Gasteiger partial charge in [-0.15, -0.1) is 0 Å². The van der Waals surface area contributed by atoms with Gasteiger partial charge in [0.15, 0.2) is 9.84 Å². The van der Waals surface area contributed by atoms with E-state index >= 15 is 0 Å². The fourth-order valence-electron chi connectivity index (χ4n) is 4.00. The van der Waals surface area contributed by atoms with Crippen molar-refractivity contribution < 1.29 is 18.0 Å². The van der Waals surface area contributed by atoms with Crippen LogP contribution >= 0.6 is 0 Å². The van der Waals surface area contributed by atoms with E-state index in [2.05, 4.69) is 15.3 Å². The molecule has 1 aromatic carbocycles. The Kier molecular flexibility index (Phi) is 5.09. The topological polar surface area (TPSA) is 99.2 Å². The van der Waals surface area contributed by atoms with Crippen molar-refractivity contribution in [1.82, 2.24) is 5.01 Å². The predicted octanol–water partition coefficient (Wildman–Crippen LogP) is 1.39. The van der Waals surface area contributed by atoms with E-state index < -0.39 is 15.9 Å². The number of sulfone groups is 1. The van der Waals surface area contributed by atoms with Crippen LogP contribution in [0.1, 0.15) is 32.1 Å². The van der Waals surface area contributed by atoms with Crippen LogP contribution in [0.4, 0.5) is 11.4 Å². The Bertz CT molecular complexity index is 922. The van der Waals surface area contributed by atoms with Gasteiger partial charge in [-0.1, -0.05) is 12.1 Å². The van der Waals surface area contributed by atoms with E-state index in [1.807, 2.05) is 24.3 Å². The highest BCUT2D eigenvalue weighted by atomic mass is 32.2. The van der Waals surface area contributed by atoms with E-state index in [1.165, 1.54) is 5.01 Å². The highest BCUT2D eigenvalue weighted by Crippen LogP contribution is 2.29. The number of carbonyl (C=O) groups is 2. The van der Waals surface area contributed by atoms with Crippen LogP contribution < -0.4 is 10.2 Å². The fraction of sp³-hybridized carbons (Fsp3) is 0.526. The number of carbonyl (C=O) groups excluding carboxylic acids is 2. The maximum atomic E-state index is 12.8. The largest absolute Gasteiger partial charge is 0.370 e. The van der Waals surface area contributed by atoms with Gasteiger partial charge in [-0.25, -0.2) is 13.4 Å². The lowest BCUT2D eigenvalue weighted by atomic mass is 10.1. The lowest BCUT2D eigenvalue weighted by Crippen LogP contribution is -2.42.